The summed E-state index contributed by atoms with van der Waals surface area (Å²) in [5, 5.41) is 3.19. The molecule has 0 saturated heterocycles. The molecular formula is C19H13FO2. The van der Waals surface area contributed by atoms with Crippen molar-refractivity contribution in [3.63, 3.8) is 0 Å². The Kier molecular flexibility index (Phi) is 2.86. The van der Waals surface area contributed by atoms with E-state index in [9.17, 15) is 4.39 Å². The molecule has 108 valence electrons. The van der Waals surface area contributed by atoms with Crippen LogP contribution in [0.25, 0.3) is 32.9 Å². The molecule has 0 N–H and O–H groups in total. The maximum absolute atomic E-state index is 13.2. The first kappa shape index (κ1) is 12.9. The largest absolute Gasteiger partial charge is 0.497 e. The molecule has 0 bridgehead atoms. The maximum atomic E-state index is 13.2. The van der Waals surface area contributed by atoms with Crippen LogP contribution >= 0.6 is 0 Å². The van der Waals surface area contributed by atoms with Crippen LogP contribution in [0.2, 0.25) is 0 Å². The van der Waals surface area contributed by atoms with E-state index in [1.165, 1.54) is 12.1 Å². The van der Waals surface area contributed by atoms with Crippen molar-refractivity contribution in [2.75, 3.05) is 7.11 Å². The Morgan fingerprint density at radius 3 is 2.50 bits per heavy atom. The summed E-state index contributed by atoms with van der Waals surface area (Å²) in [5.74, 6) is 0.550. The van der Waals surface area contributed by atoms with E-state index < -0.39 is 0 Å². The highest BCUT2D eigenvalue weighted by Crippen LogP contribution is 2.37. The molecule has 0 spiro atoms. The van der Waals surface area contributed by atoms with Crippen molar-refractivity contribution in [1.82, 2.24) is 0 Å². The molecule has 0 radical (unpaired) electrons. The Morgan fingerprint density at radius 2 is 1.73 bits per heavy atom. The maximum Gasteiger partial charge on any atom is 0.135 e. The highest BCUT2D eigenvalue weighted by atomic mass is 19.1. The number of benzene rings is 3. The van der Waals surface area contributed by atoms with Crippen LogP contribution < -0.4 is 4.74 Å². The Hall–Kier alpha value is -2.81. The van der Waals surface area contributed by atoms with E-state index in [1.54, 1.807) is 25.5 Å². The zero-order valence-electron chi connectivity index (χ0n) is 12.0. The average Bonchev–Trinajstić information content (AvgIpc) is 2.99. The molecule has 0 atom stereocenters. The normalized spacial score (nSPS) is 11.2. The summed E-state index contributed by atoms with van der Waals surface area (Å²) in [6.07, 6.45) is 1.72. The van der Waals surface area contributed by atoms with Crippen LogP contribution in [-0.4, -0.2) is 7.11 Å². The highest BCUT2D eigenvalue weighted by Gasteiger charge is 2.12. The van der Waals surface area contributed by atoms with E-state index >= 15 is 0 Å². The van der Waals surface area contributed by atoms with Gasteiger partial charge in [-0.15, -0.1) is 0 Å². The standard InChI is InChI=1S/C19H13FO2/c1-21-15-8-4-12-5-9-18-19(16(12)10-15)17(11-22-18)13-2-6-14(20)7-3-13/h2-11H,1H3. The summed E-state index contributed by atoms with van der Waals surface area (Å²) < 4.78 is 24.2. The molecule has 1 aromatic heterocycles. The summed E-state index contributed by atoms with van der Waals surface area (Å²) >= 11 is 0. The molecule has 1 heterocycles. The van der Waals surface area contributed by atoms with Gasteiger partial charge in [-0.1, -0.05) is 24.3 Å². The molecule has 3 aromatic carbocycles. The molecule has 0 aliphatic carbocycles. The first-order valence-electron chi connectivity index (χ1n) is 7.00. The summed E-state index contributed by atoms with van der Waals surface area (Å²) in [5.41, 5.74) is 2.68. The van der Waals surface area contributed by atoms with Gasteiger partial charge in [-0.3, -0.25) is 0 Å². The molecular weight excluding hydrogens is 279 g/mol. The fourth-order valence-corrected chi connectivity index (χ4v) is 2.80. The number of hydrogen-bond donors (Lipinski definition) is 0. The Morgan fingerprint density at radius 1 is 0.955 bits per heavy atom. The first-order chi connectivity index (χ1) is 10.8. The number of furan rings is 1. The molecule has 22 heavy (non-hydrogen) atoms. The van der Waals surface area contributed by atoms with Gasteiger partial charge < -0.3 is 9.15 Å². The lowest BCUT2D eigenvalue weighted by molar-refractivity contribution is 0.415. The van der Waals surface area contributed by atoms with Gasteiger partial charge in [0, 0.05) is 10.9 Å². The van der Waals surface area contributed by atoms with Crippen LogP contribution in [0.1, 0.15) is 0 Å². The minimum atomic E-state index is -0.247. The Labute approximate surface area is 126 Å². The molecule has 2 nitrogen and oxygen atoms in total. The van der Waals surface area contributed by atoms with Gasteiger partial charge in [-0.2, -0.15) is 0 Å². The number of rotatable bonds is 2. The van der Waals surface area contributed by atoms with Crippen LogP contribution in [0.15, 0.2) is 65.3 Å². The number of ether oxygens (including phenoxy) is 1. The first-order valence-corrected chi connectivity index (χ1v) is 7.00. The van der Waals surface area contributed by atoms with E-state index in [-0.39, 0.29) is 5.82 Å². The fourth-order valence-electron chi connectivity index (χ4n) is 2.80. The molecule has 0 aliphatic heterocycles. The van der Waals surface area contributed by atoms with E-state index in [4.69, 9.17) is 9.15 Å². The lowest BCUT2D eigenvalue weighted by atomic mass is 9.99. The molecule has 4 rings (SSSR count). The number of hydrogen-bond acceptors (Lipinski definition) is 2. The second-order valence-electron chi connectivity index (χ2n) is 5.18. The van der Waals surface area contributed by atoms with Crippen molar-refractivity contribution in [1.29, 1.82) is 0 Å². The third kappa shape index (κ3) is 1.94. The Bertz CT molecular complexity index is 968. The van der Waals surface area contributed by atoms with E-state index in [1.807, 2.05) is 30.3 Å². The van der Waals surface area contributed by atoms with Gasteiger partial charge in [0.15, 0.2) is 0 Å². The lowest BCUT2D eigenvalue weighted by Gasteiger charge is -2.05. The molecule has 0 aliphatic rings. The predicted molar refractivity (Wildman–Crippen MR) is 85.7 cm³/mol. The fraction of sp³-hybridized carbons (Fsp3) is 0.0526. The van der Waals surface area contributed by atoms with Crippen LogP contribution in [0.3, 0.4) is 0 Å². The van der Waals surface area contributed by atoms with Gasteiger partial charge in [0.1, 0.15) is 17.1 Å². The molecule has 0 unspecified atom stereocenters. The third-order valence-corrected chi connectivity index (χ3v) is 3.92. The smallest absolute Gasteiger partial charge is 0.135 e. The number of methoxy groups -OCH3 is 1. The van der Waals surface area contributed by atoms with Gasteiger partial charge in [0.05, 0.1) is 13.4 Å². The third-order valence-electron chi connectivity index (χ3n) is 3.92. The van der Waals surface area contributed by atoms with Crippen molar-refractivity contribution in [3.05, 3.63) is 66.7 Å². The summed E-state index contributed by atoms with van der Waals surface area (Å²) in [4.78, 5) is 0. The minimum Gasteiger partial charge on any atom is -0.497 e. The second-order valence-corrected chi connectivity index (χ2v) is 5.18. The van der Waals surface area contributed by atoms with Crippen molar-refractivity contribution in [2.45, 2.75) is 0 Å². The molecule has 4 aromatic rings. The lowest BCUT2D eigenvalue weighted by Crippen LogP contribution is -1.84. The van der Waals surface area contributed by atoms with Crippen molar-refractivity contribution in [2.24, 2.45) is 0 Å². The topological polar surface area (TPSA) is 22.4 Å². The zero-order valence-corrected chi connectivity index (χ0v) is 12.0. The summed E-state index contributed by atoms with van der Waals surface area (Å²) in [6.45, 7) is 0. The van der Waals surface area contributed by atoms with Gasteiger partial charge >= 0.3 is 0 Å². The second kappa shape index (κ2) is 4.88. The predicted octanol–water partition coefficient (Wildman–Crippen LogP) is 5.40. The highest BCUT2D eigenvalue weighted by molar-refractivity contribution is 6.13. The Balaban J connectivity index is 2.07. The SMILES string of the molecule is COc1ccc2ccc3occ(-c4ccc(F)cc4)c3c2c1. The van der Waals surface area contributed by atoms with Crippen LogP contribution in [0, 0.1) is 5.82 Å². The van der Waals surface area contributed by atoms with E-state index in [0.717, 1.165) is 38.6 Å². The monoisotopic (exact) mass is 292 g/mol. The van der Waals surface area contributed by atoms with Gasteiger partial charge in [-0.05, 0) is 46.7 Å². The summed E-state index contributed by atoms with van der Waals surface area (Å²) in [7, 11) is 1.65. The minimum absolute atomic E-state index is 0.247. The average molecular weight is 292 g/mol. The van der Waals surface area contributed by atoms with Crippen molar-refractivity contribution >= 4 is 21.7 Å². The number of halogens is 1. The zero-order chi connectivity index (χ0) is 15.1. The van der Waals surface area contributed by atoms with Crippen molar-refractivity contribution in [3.8, 4) is 16.9 Å². The number of fused-ring (bicyclic) bond motifs is 3. The van der Waals surface area contributed by atoms with E-state index in [0.29, 0.717) is 0 Å². The molecule has 0 saturated carbocycles. The van der Waals surface area contributed by atoms with Crippen LogP contribution in [-0.2, 0) is 0 Å². The molecule has 3 heteroatoms. The van der Waals surface area contributed by atoms with Gasteiger partial charge in [0.25, 0.3) is 0 Å². The molecule has 0 fully saturated rings. The summed E-state index contributed by atoms with van der Waals surface area (Å²) in [6, 6.07) is 16.4. The van der Waals surface area contributed by atoms with Gasteiger partial charge in [-0.25, -0.2) is 4.39 Å². The van der Waals surface area contributed by atoms with Crippen LogP contribution in [0.4, 0.5) is 4.39 Å². The van der Waals surface area contributed by atoms with Gasteiger partial charge in [0.2, 0.25) is 0 Å². The van der Waals surface area contributed by atoms with E-state index in [2.05, 4.69) is 0 Å². The van der Waals surface area contributed by atoms with Crippen molar-refractivity contribution < 1.29 is 13.5 Å². The molecule has 0 amide bonds. The quantitative estimate of drug-likeness (QED) is 0.493. The van der Waals surface area contributed by atoms with Crippen LogP contribution in [0.5, 0.6) is 5.75 Å².